The second kappa shape index (κ2) is 9.41. The van der Waals surface area contributed by atoms with E-state index in [2.05, 4.69) is 27.4 Å². The van der Waals surface area contributed by atoms with Gasteiger partial charge in [0.2, 0.25) is 0 Å². The maximum Gasteiger partial charge on any atom is 0.305 e. The molecule has 0 heterocycles. The van der Waals surface area contributed by atoms with E-state index in [4.69, 9.17) is 9.47 Å². The summed E-state index contributed by atoms with van der Waals surface area (Å²) >= 11 is 0. The fourth-order valence-electron chi connectivity index (χ4n) is 4.00. The third kappa shape index (κ3) is 6.69. The van der Waals surface area contributed by atoms with Gasteiger partial charge in [-0.15, -0.1) is 0 Å². The molecule has 1 N–H and O–H groups in total. The van der Waals surface area contributed by atoms with Crippen molar-refractivity contribution in [3.8, 4) is 5.75 Å². The van der Waals surface area contributed by atoms with Crippen LogP contribution < -0.4 is 4.74 Å². The lowest BCUT2D eigenvalue weighted by atomic mass is 9.68. The first kappa shape index (κ1) is 21.5. The Kier molecular flexibility index (Phi) is 7.49. The number of carbonyl (C=O) groups is 1. The van der Waals surface area contributed by atoms with Crippen LogP contribution in [0.15, 0.2) is 30.8 Å². The first-order valence-corrected chi connectivity index (χ1v) is 9.95. The lowest BCUT2D eigenvalue weighted by Crippen LogP contribution is -2.36. The van der Waals surface area contributed by atoms with Crippen molar-refractivity contribution < 1.29 is 19.4 Å². The molecule has 1 aliphatic carbocycles. The predicted octanol–water partition coefficient (Wildman–Crippen LogP) is 5.77. The minimum absolute atomic E-state index is 0.0218. The molecule has 1 aromatic rings. The van der Waals surface area contributed by atoms with Gasteiger partial charge in [0, 0.05) is 0 Å². The van der Waals surface area contributed by atoms with E-state index >= 15 is 0 Å². The fourth-order valence-corrected chi connectivity index (χ4v) is 4.00. The number of benzene rings is 1. The standard InChI is InChI=1S/C23H34O4/c1-6-17-7-13-20(14-8-17)26-16(2)27-21(15-22(24)25)18-9-11-19(12-10-18)23(3,4)5/h6-8,13-14,16,18-19,21H,1,9-12,15H2,2-5H3,(H,24,25). The van der Waals surface area contributed by atoms with Crippen LogP contribution in [-0.4, -0.2) is 23.5 Å². The summed E-state index contributed by atoms with van der Waals surface area (Å²) in [5.41, 5.74) is 1.33. The number of hydrogen-bond donors (Lipinski definition) is 1. The summed E-state index contributed by atoms with van der Waals surface area (Å²) in [5.74, 6) is 0.851. The van der Waals surface area contributed by atoms with E-state index in [0.717, 1.165) is 31.2 Å². The Balaban J connectivity index is 1.95. The highest BCUT2D eigenvalue weighted by molar-refractivity contribution is 5.67. The largest absolute Gasteiger partial charge is 0.481 e. The van der Waals surface area contributed by atoms with Crippen molar-refractivity contribution in [2.24, 2.45) is 17.3 Å². The van der Waals surface area contributed by atoms with Crippen molar-refractivity contribution in [2.75, 3.05) is 0 Å². The Morgan fingerprint density at radius 3 is 2.30 bits per heavy atom. The van der Waals surface area contributed by atoms with Crippen molar-refractivity contribution in [3.63, 3.8) is 0 Å². The molecule has 0 amide bonds. The van der Waals surface area contributed by atoms with Gasteiger partial charge in [-0.05, 0) is 67.6 Å². The highest BCUT2D eigenvalue weighted by Gasteiger charge is 2.34. The van der Waals surface area contributed by atoms with E-state index in [1.165, 1.54) is 0 Å². The van der Waals surface area contributed by atoms with Crippen LogP contribution in [0.3, 0.4) is 0 Å². The Morgan fingerprint density at radius 1 is 1.22 bits per heavy atom. The summed E-state index contributed by atoms with van der Waals surface area (Å²) in [6.07, 6.45) is 5.28. The monoisotopic (exact) mass is 374 g/mol. The molecule has 0 bridgehead atoms. The predicted molar refractivity (Wildman–Crippen MR) is 109 cm³/mol. The Morgan fingerprint density at radius 2 is 1.81 bits per heavy atom. The van der Waals surface area contributed by atoms with E-state index in [1.807, 2.05) is 31.2 Å². The number of carboxylic acids is 1. The summed E-state index contributed by atoms with van der Waals surface area (Å²) in [5, 5.41) is 9.33. The van der Waals surface area contributed by atoms with Gasteiger partial charge in [-0.3, -0.25) is 4.79 Å². The number of rotatable bonds is 8. The highest BCUT2D eigenvalue weighted by atomic mass is 16.7. The van der Waals surface area contributed by atoms with Crippen LogP contribution in [0.1, 0.15) is 65.4 Å². The normalized spacial score (nSPS) is 22.7. The minimum atomic E-state index is -0.819. The van der Waals surface area contributed by atoms with Crippen molar-refractivity contribution in [3.05, 3.63) is 36.4 Å². The molecule has 4 nitrogen and oxygen atoms in total. The molecule has 0 aromatic heterocycles. The van der Waals surface area contributed by atoms with Gasteiger partial charge < -0.3 is 14.6 Å². The molecule has 0 saturated heterocycles. The van der Waals surface area contributed by atoms with Crippen LogP contribution in [0, 0.1) is 17.3 Å². The Hall–Kier alpha value is -1.81. The molecule has 0 aliphatic heterocycles. The molecular weight excluding hydrogens is 340 g/mol. The topological polar surface area (TPSA) is 55.8 Å². The van der Waals surface area contributed by atoms with Gasteiger partial charge >= 0.3 is 5.97 Å². The fraction of sp³-hybridized carbons (Fsp3) is 0.609. The lowest BCUT2D eigenvalue weighted by molar-refractivity contribution is -0.156. The van der Waals surface area contributed by atoms with Crippen molar-refractivity contribution >= 4 is 12.0 Å². The van der Waals surface area contributed by atoms with Gasteiger partial charge in [0.05, 0.1) is 12.5 Å². The van der Waals surface area contributed by atoms with E-state index < -0.39 is 12.3 Å². The summed E-state index contributed by atoms with van der Waals surface area (Å²) < 4.78 is 11.9. The molecular formula is C23H34O4. The third-order valence-electron chi connectivity index (χ3n) is 5.68. The number of hydrogen-bond acceptors (Lipinski definition) is 3. The van der Waals surface area contributed by atoms with Gasteiger partial charge in [0.1, 0.15) is 5.75 Å². The second-order valence-corrected chi connectivity index (χ2v) is 8.71. The zero-order valence-corrected chi connectivity index (χ0v) is 17.1. The number of ether oxygens (including phenoxy) is 2. The zero-order valence-electron chi connectivity index (χ0n) is 17.1. The first-order chi connectivity index (χ1) is 12.7. The smallest absolute Gasteiger partial charge is 0.305 e. The van der Waals surface area contributed by atoms with E-state index in [1.54, 1.807) is 6.08 Å². The zero-order chi connectivity index (χ0) is 20.0. The number of aliphatic carboxylic acids is 1. The molecule has 1 aliphatic rings. The summed E-state index contributed by atoms with van der Waals surface area (Å²) in [4.78, 5) is 11.4. The van der Waals surface area contributed by atoms with Gasteiger partial charge in [-0.25, -0.2) is 0 Å². The van der Waals surface area contributed by atoms with Crippen LogP contribution in [-0.2, 0) is 9.53 Å². The molecule has 2 unspecified atom stereocenters. The van der Waals surface area contributed by atoms with Crippen LogP contribution in [0.2, 0.25) is 0 Å². The average Bonchev–Trinajstić information content (AvgIpc) is 2.61. The van der Waals surface area contributed by atoms with E-state index in [-0.39, 0.29) is 18.4 Å². The summed E-state index contributed by atoms with van der Waals surface area (Å²) in [6, 6.07) is 7.60. The molecule has 4 heteroatoms. The molecule has 2 atom stereocenters. The van der Waals surface area contributed by atoms with Gasteiger partial charge in [-0.2, -0.15) is 0 Å². The lowest BCUT2D eigenvalue weighted by Gasteiger charge is -2.39. The van der Waals surface area contributed by atoms with Crippen LogP contribution in [0.25, 0.3) is 6.08 Å². The maximum absolute atomic E-state index is 11.4. The molecule has 1 saturated carbocycles. The van der Waals surface area contributed by atoms with Gasteiger partial charge in [-0.1, -0.05) is 45.6 Å². The SMILES string of the molecule is C=Cc1ccc(OC(C)OC(CC(=O)O)C2CCC(C(C)(C)C)CC2)cc1. The third-order valence-corrected chi connectivity index (χ3v) is 5.68. The quantitative estimate of drug-likeness (QED) is 0.587. The van der Waals surface area contributed by atoms with E-state index in [0.29, 0.717) is 17.1 Å². The summed E-state index contributed by atoms with van der Waals surface area (Å²) in [6.45, 7) is 12.4. The minimum Gasteiger partial charge on any atom is -0.481 e. The second-order valence-electron chi connectivity index (χ2n) is 8.71. The van der Waals surface area contributed by atoms with E-state index in [9.17, 15) is 9.90 Å². The van der Waals surface area contributed by atoms with Crippen LogP contribution >= 0.6 is 0 Å². The Labute approximate surface area is 163 Å². The molecule has 0 spiro atoms. The maximum atomic E-state index is 11.4. The molecule has 1 fully saturated rings. The molecule has 27 heavy (non-hydrogen) atoms. The first-order valence-electron chi connectivity index (χ1n) is 9.95. The van der Waals surface area contributed by atoms with Crippen molar-refractivity contribution in [1.82, 2.24) is 0 Å². The molecule has 150 valence electrons. The Bertz CT molecular complexity index is 606. The highest BCUT2D eigenvalue weighted by Crippen LogP contribution is 2.41. The van der Waals surface area contributed by atoms with Crippen molar-refractivity contribution in [1.29, 1.82) is 0 Å². The van der Waals surface area contributed by atoms with Gasteiger partial charge in [0.15, 0.2) is 6.29 Å². The molecule has 0 radical (unpaired) electrons. The van der Waals surface area contributed by atoms with Crippen LogP contribution in [0.4, 0.5) is 0 Å². The van der Waals surface area contributed by atoms with Crippen LogP contribution in [0.5, 0.6) is 5.75 Å². The average molecular weight is 375 g/mol. The summed E-state index contributed by atoms with van der Waals surface area (Å²) in [7, 11) is 0. The van der Waals surface area contributed by atoms with Gasteiger partial charge in [0.25, 0.3) is 0 Å². The number of carboxylic acid groups (broad SMARTS) is 1. The van der Waals surface area contributed by atoms with Crippen molar-refractivity contribution in [2.45, 2.75) is 72.2 Å². The molecule has 2 rings (SSSR count). The molecule has 1 aromatic carbocycles.